The molecule has 3 heterocycles. The van der Waals surface area contributed by atoms with E-state index >= 15 is 0 Å². The van der Waals surface area contributed by atoms with Gasteiger partial charge in [0.2, 0.25) is 12.1 Å². The van der Waals surface area contributed by atoms with Crippen LogP contribution in [0.1, 0.15) is 57.8 Å². The van der Waals surface area contributed by atoms with Gasteiger partial charge in [0.15, 0.2) is 5.15 Å². The van der Waals surface area contributed by atoms with Crippen LogP contribution >= 0.6 is 11.6 Å². The molecule has 196 valence electrons. The van der Waals surface area contributed by atoms with E-state index in [9.17, 15) is 14.8 Å². The molecule has 0 spiro atoms. The van der Waals surface area contributed by atoms with Gasteiger partial charge in [-0.2, -0.15) is 9.94 Å². The highest BCUT2D eigenvalue weighted by Gasteiger charge is 2.29. The van der Waals surface area contributed by atoms with Gasteiger partial charge in [0, 0.05) is 30.7 Å². The van der Waals surface area contributed by atoms with Crippen LogP contribution in [0.4, 0.5) is 0 Å². The smallest absolute Gasteiger partial charge is 0.277 e. The van der Waals surface area contributed by atoms with Crippen molar-refractivity contribution in [1.29, 1.82) is 0 Å². The Labute approximate surface area is 228 Å². The highest BCUT2D eigenvalue weighted by molar-refractivity contribution is 6.33. The average Bonchev–Trinajstić information content (AvgIpc) is 3.60. The summed E-state index contributed by atoms with van der Waals surface area (Å²) in [7, 11) is 0. The Morgan fingerprint density at radius 2 is 1.92 bits per heavy atom. The number of carbonyl (C=O) groups excluding carboxylic acids is 2. The summed E-state index contributed by atoms with van der Waals surface area (Å²) in [6.07, 6.45) is 2.76. The van der Waals surface area contributed by atoms with Crippen LogP contribution in [0, 0.1) is 5.21 Å². The SMILES string of the molecule is CCCCc1nc(Cl)c(C(=O)c2cccc(C=O)[n+]2[O-])n1Cc1ccc(-c2ccccc2)c(-c2nn[nH]n2)c1. The van der Waals surface area contributed by atoms with Gasteiger partial charge in [0.25, 0.3) is 17.2 Å². The Kier molecular flexibility index (Phi) is 7.55. The van der Waals surface area contributed by atoms with Crippen molar-refractivity contribution in [2.45, 2.75) is 32.7 Å². The summed E-state index contributed by atoms with van der Waals surface area (Å²) < 4.78 is 2.06. The lowest BCUT2D eigenvalue weighted by Crippen LogP contribution is -2.39. The van der Waals surface area contributed by atoms with Crippen LogP contribution in [0.15, 0.2) is 66.7 Å². The third-order valence-electron chi connectivity index (χ3n) is 6.40. The maximum Gasteiger partial charge on any atom is 0.277 e. The van der Waals surface area contributed by atoms with Crippen LogP contribution < -0.4 is 4.73 Å². The standard InChI is InChI=1S/C28H24ClN7O3/c1-2-3-12-24-30-27(29)25(26(38)23-11-7-10-20(17-37)36(23)39)35(24)16-18-13-14-21(19-8-5-4-6-9-19)22(15-18)28-31-33-34-32-28/h4-11,13-15,17H,2-3,12,16H2,1H3,(H,31,32,33,34). The van der Waals surface area contributed by atoms with Crippen molar-refractivity contribution in [3.05, 3.63) is 106 Å². The zero-order valence-corrected chi connectivity index (χ0v) is 21.8. The van der Waals surface area contributed by atoms with E-state index in [0.717, 1.165) is 35.1 Å². The number of hydrogen-bond acceptors (Lipinski definition) is 7. The zero-order valence-electron chi connectivity index (χ0n) is 21.0. The topological polar surface area (TPSA) is 133 Å². The second-order valence-electron chi connectivity index (χ2n) is 8.92. The van der Waals surface area contributed by atoms with Crippen molar-refractivity contribution in [3.63, 3.8) is 0 Å². The van der Waals surface area contributed by atoms with Gasteiger partial charge >= 0.3 is 0 Å². The molecule has 10 nitrogen and oxygen atoms in total. The molecule has 0 radical (unpaired) electrons. The number of benzene rings is 2. The number of aromatic amines is 1. The number of pyridine rings is 1. The van der Waals surface area contributed by atoms with E-state index < -0.39 is 5.78 Å². The molecular weight excluding hydrogens is 518 g/mol. The first kappa shape index (κ1) is 25.9. The predicted molar refractivity (Wildman–Crippen MR) is 144 cm³/mol. The molecule has 5 aromatic rings. The number of carbonyl (C=O) groups is 2. The second-order valence-corrected chi connectivity index (χ2v) is 9.27. The molecule has 0 aliphatic rings. The van der Waals surface area contributed by atoms with Crippen molar-refractivity contribution < 1.29 is 14.3 Å². The van der Waals surface area contributed by atoms with E-state index in [1.165, 1.54) is 18.2 Å². The van der Waals surface area contributed by atoms with Crippen LogP contribution in [0.5, 0.6) is 0 Å². The number of hydrogen-bond donors (Lipinski definition) is 1. The summed E-state index contributed by atoms with van der Waals surface area (Å²) >= 11 is 6.52. The number of halogens is 1. The van der Waals surface area contributed by atoms with Gasteiger partial charge in [-0.25, -0.2) is 4.98 Å². The predicted octanol–water partition coefficient (Wildman–Crippen LogP) is 4.45. The van der Waals surface area contributed by atoms with Crippen LogP contribution in [-0.4, -0.2) is 42.2 Å². The van der Waals surface area contributed by atoms with Crippen LogP contribution in [0.3, 0.4) is 0 Å². The van der Waals surface area contributed by atoms with E-state index in [0.29, 0.717) is 29.1 Å². The minimum absolute atomic E-state index is 0.00177. The van der Waals surface area contributed by atoms with Gasteiger partial charge in [-0.3, -0.25) is 9.59 Å². The van der Waals surface area contributed by atoms with Crippen molar-refractivity contribution in [3.8, 4) is 22.5 Å². The number of tetrazole rings is 1. The van der Waals surface area contributed by atoms with Crippen molar-refractivity contribution in [2.24, 2.45) is 0 Å². The summed E-state index contributed by atoms with van der Waals surface area (Å²) in [5.74, 6) is 0.440. The van der Waals surface area contributed by atoms with Crippen molar-refractivity contribution in [2.75, 3.05) is 0 Å². The van der Waals surface area contributed by atoms with Crippen molar-refractivity contribution >= 4 is 23.7 Å². The van der Waals surface area contributed by atoms with Gasteiger partial charge < -0.3 is 9.77 Å². The Morgan fingerprint density at radius 3 is 2.64 bits per heavy atom. The number of aldehydes is 1. The van der Waals surface area contributed by atoms with E-state index in [4.69, 9.17) is 11.6 Å². The van der Waals surface area contributed by atoms with Gasteiger partial charge in [0.1, 0.15) is 11.5 Å². The molecule has 1 N–H and O–H groups in total. The summed E-state index contributed by atoms with van der Waals surface area (Å²) in [5.41, 5.74) is 3.22. The molecule has 11 heteroatoms. The molecule has 0 unspecified atom stereocenters. The second kappa shape index (κ2) is 11.4. The fourth-order valence-electron chi connectivity index (χ4n) is 4.47. The first-order chi connectivity index (χ1) is 19.0. The van der Waals surface area contributed by atoms with Gasteiger partial charge in [0.05, 0.1) is 0 Å². The number of rotatable bonds is 10. The molecule has 0 aliphatic carbocycles. The molecule has 0 saturated heterocycles. The van der Waals surface area contributed by atoms with Gasteiger partial charge in [-0.15, -0.1) is 10.2 Å². The van der Waals surface area contributed by atoms with Crippen LogP contribution in [-0.2, 0) is 13.0 Å². The average molecular weight is 542 g/mol. The first-order valence-electron chi connectivity index (χ1n) is 12.4. The highest BCUT2D eigenvalue weighted by atomic mass is 35.5. The summed E-state index contributed by atoms with van der Waals surface area (Å²) in [5, 5.41) is 27.3. The number of aromatic nitrogens is 7. The number of ketones is 1. The van der Waals surface area contributed by atoms with E-state index in [2.05, 4.69) is 32.5 Å². The summed E-state index contributed by atoms with van der Waals surface area (Å²) in [4.78, 5) is 29.4. The summed E-state index contributed by atoms with van der Waals surface area (Å²) in [6, 6.07) is 19.9. The lowest BCUT2D eigenvalue weighted by atomic mass is 9.97. The molecule has 5 rings (SSSR count). The highest BCUT2D eigenvalue weighted by Crippen LogP contribution is 2.32. The lowest BCUT2D eigenvalue weighted by Gasteiger charge is -2.14. The monoisotopic (exact) mass is 541 g/mol. The Hall–Kier alpha value is -4.70. The fourth-order valence-corrected chi connectivity index (χ4v) is 4.76. The Balaban J connectivity index is 1.61. The molecule has 0 atom stereocenters. The minimum atomic E-state index is -0.617. The third kappa shape index (κ3) is 5.19. The number of imidazole rings is 1. The molecule has 0 aliphatic heterocycles. The normalized spacial score (nSPS) is 11.0. The third-order valence-corrected chi connectivity index (χ3v) is 6.66. The largest absolute Gasteiger partial charge is 0.618 e. The van der Waals surface area contributed by atoms with Crippen LogP contribution in [0.25, 0.3) is 22.5 Å². The zero-order chi connectivity index (χ0) is 27.4. The maximum absolute atomic E-state index is 13.6. The Morgan fingerprint density at radius 1 is 1.10 bits per heavy atom. The molecular formula is C28H24ClN7O3. The molecule has 0 bridgehead atoms. The lowest BCUT2D eigenvalue weighted by molar-refractivity contribution is -0.609. The van der Waals surface area contributed by atoms with E-state index in [1.54, 1.807) is 4.57 Å². The maximum atomic E-state index is 13.6. The van der Waals surface area contributed by atoms with Gasteiger partial charge in [-0.1, -0.05) is 67.4 Å². The van der Waals surface area contributed by atoms with E-state index in [1.807, 2.05) is 48.5 Å². The van der Waals surface area contributed by atoms with E-state index in [-0.39, 0.29) is 28.8 Å². The van der Waals surface area contributed by atoms with Gasteiger partial charge in [-0.05, 0) is 40.5 Å². The first-order valence-corrected chi connectivity index (χ1v) is 12.8. The molecule has 0 fully saturated rings. The number of nitrogens with one attached hydrogen (secondary N) is 1. The number of H-pyrrole nitrogens is 1. The Bertz CT molecular complexity index is 1630. The number of nitrogens with zero attached hydrogens (tertiary/aromatic N) is 6. The van der Waals surface area contributed by atoms with Crippen molar-refractivity contribution in [1.82, 2.24) is 30.2 Å². The number of aryl methyl sites for hydroxylation is 1. The molecule has 0 amide bonds. The summed E-state index contributed by atoms with van der Waals surface area (Å²) in [6.45, 7) is 2.32. The molecule has 2 aromatic carbocycles. The molecule has 0 saturated carbocycles. The number of unbranched alkanes of at least 4 members (excludes halogenated alkanes) is 1. The minimum Gasteiger partial charge on any atom is -0.618 e. The quantitative estimate of drug-likeness (QED) is 0.119. The molecule has 39 heavy (non-hydrogen) atoms. The van der Waals surface area contributed by atoms with Crippen LogP contribution in [0.2, 0.25) is 5.15 Å². The molecule has 3 aromatic heterocycles. The fraction of sp³-hybridized carbons (Fsp3) is 0.179.